The maximum Gasteiger partial charge on any atom is 0.326 e. The van der Waals surface area contributed by atoms with E-state index in [-0.39, 0.29) is 24.7 Å². The number of amides is 1. The van der Waals surface area contributed by atoms with Gasteiger partial charge in [-0.15, -0.1) is 0 Å². The van der Waals surface area contributed by atoms with Crippen molar-refractivity contribution in [3.63, 3.8) is 0 Å². The van der Waals surface area contributed by atoms with E-state index >= 15 is 0 Å². The third kappa shape index (κ3) is 8.47. The lowest BCUT2D eigenvalue weighted by molar-refractivity contribution is -0.141. The number of carbonyl (C=O) groups excluding carboxylic acids is 1. The first-order valence-electron chi connectivity index (χ1n) is 13.0. The van der Waals surface area contributed by atoms with Crippen LogP contribution in [0.3, 0.4) is 0 Å². The summed E-state index contributed by atoms with van der Waals surface area (Å²) in [5.41, 5.74) is 3.78. The molecule has 6 nitrogen and oxygen atoms in total. The molecule has 200 valence electrons. The SMILES string of the molecule is CC(CC(=O)N[C@H](Cc1ccccc1)C(=O)O)c1ccc(OCc2ccccc2)cc1OCc1ccccc1. The van der Waals surface area contributed by atoms with Crippen molar-refractivity contribution in [3.05, 3.63) is 131 Å². The van der Waals surface area contributed by atoms with Crippen molar-refractivity contribution in [2.24, 2.45) is 0 Å². The number of ether oxygens (including phenoxy) is 2. The molecular weight excluding hydrogens is 490 g/mol. The number of nitrogens with one attached hydrogen (secondary N) is 1. The van der Waals surface area contributed by atoms with Crippen LogP contribution < -0.4 is 14.8 Å². The standard InChI is InChI=1S/C33H33NO5/c1-24(19-32(35)34-30(33(36)37)20-25-11-5-2-6-12-25)29-18-17-28(38-22-26-13-7-3-8-14-26)21-31(29)39-23-27-15-9-4-10-16-27/h2-18,21,24,30H,19-20,22-23H2,1H3,(H,34,35)(H,36,37)/t24?,30-/m1/s1. The van der Waals surface area contributed by atoms with E-state index in [2.05, 4.69) is 5.32 Å². The average molecular weight is 524 g/mol. The molecule has 39 heavy (non-hydrogen) atoms. The molecule has 0 saturated heterocycles. The van der Waals surface area contributed by atoms with Gasteiger partial charge in [-0.05, 0) is 34.2 Å². The highest BCUT2D eigenvalue weighted by molar-refractivity contribution is 5.84. The number of benzene rings is 4. The van der Waals surface area contributed by atoms with Crippen molar-refractivity contribution >= 4 is 11.9 Å². The van der Waals surface area contributed by atoms with Gasteiger partial charge in [-0.2, -0.15) is 0 Å². The second kappa shape index (κ2) is 13.8. The van der Waals surface area contributed by atoms with E-state index in [1.807, 2.05) is 116 Å². The van der Waals surface area contributed by atoms with Gasteiger partial charge in [0.2, 0.25) is 5.91 Å². The second-order valence-electron chi connectivity index (χ2n) is 9.50. The quantitative estimate of drug-likeness (QED) is 0.220. The molecule has 4 rings (SSSR count). The number of rotatable bonds is 13. The van der Waals surface area contributed by atoms with Crippen molar-refractivity contribution in [3.8, 4) is 11.5 Å². The lowest BCUT2D eigenvalue weighted by Gasteiger charge is -2.20. The third-order valence-corrected chi connectivity index (χ3v) is 6.41. The largest absolute Gasteiger partial charge is 0.489 e. The molecule has 0 spiro atoms. The molecule has 2 N–H and O–H groups in total. The maximum absolute atomic E-state index is 12.9. The minimum Gasteiger partial charge on any atom is -0.489 e. The zero-order valence-electron chi connectivity index (χ0n) is 22.0. The molecule has 1 amide bonds. The minimum absolute atomic E-state index is 0.116. The number of carbonyl (C=O) groups is 2. The normalized spacial score (nSPS) is 12.2. The molecule has 1 unspecified atom stereocenters. The van der Waals surface area contributed by atoms with Crippen molar-refractivity contribution in [2.75, 3.05) is 0 Å². The monoisotopic (exact) mass is 523 g/mol. The molecule has 0 aliphatic rings. The van der Waals surface area contributed by atoms with Gasteiger partial charge in [0.05, 0.1) is 0 Å². The first-order valence-corrected chi connectivity index (χ1v) is 13.0. The second-order valence-corrected chi connectivity index (χ2v) is 9.50. The van der Waals surface area contributed by atoms with Crippen LogP contribution in [0.15, 0.2) is 109 Å². The highest BCUT2D eigenvalue weighted by atomic mass is 16.5. The van der Waals surface area contributed by atoms with Gasteiger partial charge in [0, 0.05) is 18.9 Å². The van der Waals surface area contributed by atoms with E-state index < -0.39 is 12.0 Å². The minimum atomic E-state index is -1.06. The van der Waals surface area contributed by atoms with Crippen molar-refractivity contribution in [1.29, 1.82) is 0 Å². The first kappa shape index (κ1) is 27.5. The van der Waals surface area contributed by atoms with E-state index in [4.69, 9.17) is 9.47 Å². The van der Waals surface area contributed by atoms with E-state index in [1.165, 1.54) is 0 Å². The number of carboxylic acids is 1. The topological polar surface area (TPSA) is 84.9 Å². The van der Waals surface area contributed by atoms with Gasteiger partial charge in [0.1, 0.15) is 30.8 Å². The summed E-state index contributed by atoms with van der Waals surface area (Å²) in [5, 5.41) is 12.4. The van der Waals surface area contributed by atoms with Crippen LogP contribution in [0.5, 0.6) is 11.5 Å². The molecule has 4 aromatic rings. The van der Waals surface area contributed by atoms with Gasteiger partial charge >= 0.3 is 5.97 Å². The molecule has 0 fully saturated rings. The molecule has 0 aliphatic heterocycles. The Bertz CT molecular complexity index is 1340. The predicted molar refractivity (Wildman–Crippen MR) is 151 cm³/mol. The molecule has 0 heterocycles. The summed E-state index contributed by atoms with van der Waals surface area (Å²) in [4.78, 5) is 24.7. The van der Waals surface area contributed by atoms with Crippen LogP contribution >= 0.6 is 0 Å². The molecule has 0 aromatic heterocycles. The Kier molecular flexibility index (Phi) is 9.73. The van der Waals surface area contributed by atoms with Gasteiger partial charge in [0.15, 0.2) is 0 Å². The molecule has 0 radical (unpaired) electrons. The lowest BCUT2D eigenvalue weighted by Crippen LogP contribution is -2.42. The van der Waals surface area contributed by atoms with Gasteiger partial charge in [-0.3, -0.25) is 4.79 Å². The maximum atomic E-state index is 12.9. The van der Waals surface area contributed by atoms with Crippen LogP contribution in [-0.2, 0) is 29.2 Å². The van der Waals surface area contributed by atoms with Crippen LogP contribution in [0.1, 0.15) is 41.5 Å². The summed E-state index contributed by atoms with van der Waals surface area (Å²) in [6.07, 6.45) is 0.333. The highest BCUT2D eigenvalue weighted by Gasteiger charge is 2.23. The van der Waals surface area contributed by atoms with Crippen molar-refractivity contribution < 1.29 is 24.2 Å². The Morgan fingerprint density at radius 3 is 1.85 bits per heavy atom. The zero-order valence-corrected chi connectivity index (χ0v) is 22.0. The summed E-state index contributed by atoms with van der Waals surface area (Å²) in [7, 11) is 0. The lowest BCUT2D eigenvalue weighted by atomic mass is 9.95. The average Bonchev–Trinajstić information content (AvgIpc) is 2.96. The van der Waals surface area contributed by atoms with Crippen molar-refractivity contribution in [1.82, 2.24) is 5.32 Å². The fourth-order valence-electron chi connectivity index (χ4n) is 4.30. The van der Waals surface area contributed by atoms with Crippen LogP contribution in [-0.4, -0.2) is 23.0 Å². The number of carboxylic acid groups (broad SMARTS) is 1. The summed E-state index contributed by atoms with van der Waals surface area (Å²) >= 11 is 0. The third-order valence-electron chi connectivity index (χ3n) is 6.41. The van der Waals surface area contributed by atoms with Gasteiger partial charge in [-0.25, -0.2) is 4.79 Å². The van der Waals surface area contributed by atoms with Crippen LogP contribution in [0, 0.1) is 0 Å². The highest BCUT2D eigenvalue weighted by Crippen LogP contribution is 2.33. The van der Waals surface area contributed by atoms with Crippen molar-refractivity contribution in [2.45, 2.75) is 44.9 Å². The number of aliphatic carboxylic acids is 1. The van der Waals surface area contributed by atoms with Crippen LogP contribution in [0.2, 0.25) is 0 Å². The Morgan fingerprint density at radius 2 is 1.28 bits per heavy atom. The molecule has 0 saturated carbocycles. The Hall–Kier alpha value is -4.58. The molecule has 4 aromatic carbocycles. The van der Waals surface area contributed by atoms with E-state index in [9.17, 15) is 14.7 Å². The zero-order chi connectivity index (χ0) is 27.5. The van der Waals surface area contributed by atoms with E-state index in [0.717, 1.165) is 22.3 Å². The Morgan fingerprint density at radius 1 is 0.744 bits per heavy atom. The summed E-state index contributed by atoms with van der Waals surface area (Å²) < 4.78 is 12.2. The number of hydrogen-bond acceptors (Lipinski definition) is 4. The molecular formula is C33H33NO5. The smallest absolute Gasteiger partial charge is 0.326 e. The fraction of sp³-hybridized carbons (Fsp3) is 0.212. The Labute approximate surface area is 229 Å². The first-order chi connectivity index (χ1) is 19.0. The van der Waals surface area contributed by atoms with E-state index in [1.54, 1.807) is 0 Å². The van der Waals surface area contributed by atoms with Gasteiger partial charge in [-0.1, -0.05) is 104 Å². The summed E-state index contributed by atoms with van der Waals surface area (Å²) in [6, 6.07) is 33.7. The van der Waals surface area contributed by atoms with Gasteiger partial charge in [0.25, 0.3) is 0 Å². The van der Waals surface area contributed by atoms with Gasteiger partial charge < -0.3 is 19.9 Å². The molecule has 0 aliphatic carbocycles. The van der Waals surface area contributed by atoms with E-state index in [0.29, 0.717) is 24.7 Å². The van der Waals surface area contributed by atoms with Crippen LogP contribution in [0.4, 0.5) is 0 Å². The molecule has 6 heteroatoms. The summed E-state index contributed by atoms with van der Waals surface area (Å²) in [5.74, 6) is -0.319. The molecule has 2 atom stereocenters. The molecule has 0 bridgehead atoms. The van der Waals surface area contributed by atoms with Crippen LogP contribution in [0.25, 0.3) is 0 Å². The number of hydrogen-bond donors (Lipinski definition) is 2. The summed E-state index contributed by atoms with van der Waals surface area (Å²) in [6.45, 7) is 2.73. The predicted octanol–water partition coefficient (Wildman–Crippen LogP) is 6.15. The fourth-order valence-corrected chi connectivity index (χ4v) is 4.30. The Balaban J connectivity index is 1.46.